The molecule has 0 bridgehead atoms. The highest BCUT2D eigenvalue weighted by Gasteiger charge is 2.09. The van der Waals surface area contributed by atoms with E-state index in [9.17, 15) is 13.2 Å². The van der Waals surface area contributed by atoms with E-state index in [0.717, 1.165) is 16.9 Å². The highest BCUT2D eigenvalue weighted by molar-refractivity contribution is 7.88. The van der Waals surface area contributed by atoms with Gasteiger partial charge in [0.1, 0.15) is 17.2 Å². The molecule has 32 heavy (non-hydrogen) atoms. The monoisotopic (exact) mass is 454 g/mol. The quantitative estimate of drug-likeness (QED) is 0.489. The van der Waals surface area contributed by atoms with Gasteiger partial charge < -0.3 is 14.8 Å². The number of carbonyl (C=O) groups is 1. The molecule has 1 amide bonds. The number of hydrogen-bond donors (Lipinski definition) is 2. The van der Waals surface area contributed by atoms with Crippen LogP contribution in [0.2, 0.25) is 0 Å². The minimum absolute atomic E-state index is 0.0845. The van der Waals surface area contributed by atoms with Gasteiger partial charge in [0.15, 0.2) is 6.61 Å². The molecule has 0 fully saturated rings. The molecule has 8 heteroatoms. The first kappa shape index (κ1) is 23.3. The third kappa shape index (κ3) is 7.40. The lowest BCUT2D eigenvalue weighted by molar-refractivity contribution is -0.123. The Morgan fingerprint density at radius 1 is 0.812 bits per heavy atom. The van der Waals surface area contributed by atoms with Crippen molar-refractivity contribution >= 4 is 15.9 Å². The van der Waals surface area contributed by atoms with Crippen molar-refractivity contribution in [1.29, 1.82) is 0 Å². The number of rotatable bonds is 10. The molecule has 0 saturated carbocycles. The molecule has 7 nitrogen and oxygen atoms in total. The van der Waals surface area contributed by atoms with Crippen LogP contribution in [-0.4, -0.2) is 28.0 Å². The van der Waals surface area contributed by atoms with Gasteiger partial charge in [-0.05, 0) is 61.5 Å². The fourth-order valence-corrected chi connectivity index (χ4v) is 3.57. The van der Waals surface area contributed by atoms with Gasteiger partial charge in [0.2, 0.25) is 10.0 Å². The molecular weight excluding hydrogens is 428 g/mol. The summed E-state index contributed by atoms with van der Waals surface area (Å²) in [5.41, 5.74) is 2.70. The first-order valence-electron chi connectivity index (χ1n) is 10.1. The first-order valence-corrected chi connectivity index (χ1v) is 11.7. The van der Waals surface area contributed by atoms with Gasteiger partial charge in [-0.1, -0.05) is 42.0 Å². The van der Waals surface area contributed by atoms with Gasteiger partial charge in [-0.3, -0.25) is 4.79 Å². The van der Waals surface area contributed by atoms with Gasteiger partial charge in [-0.25, -0.2) is 13.1 Å². The number of amides is 1. The molecule has 168 valence electrons. The molecule has 3 rings (SSSR count). The van der Waals surface area contributed by atoms with Gasteiger partial charge >= 0.3 is 0 Å². The Balaban J connectivity index is 1.42. The Hall–Kier alpha value is -3.36. The van der Waals surface area contributed by atoms with E-state index in [1.165, 1.54) is 7.05 Å². The second-order valence-corrected chi connectivity index (χ2v) is 9.16. The molecule has 0 spiro atoms. The van der Waals surface area contributed by atoms with Crippen LogP contribution in [-0.2, 0) is 27.1 Å². The maximum atomic E-state index is 12.1. The van der Waals surface area contributed by atoms with Crippen LogP contribution in [0.15, 0.2) is 72.8 Å². The highest BCUT2D eigenvalue weighted by atomic mass is 32.2. The van der Waals surface area contributed by atoms with Crippen molar-refractivity contribution in [1.82, 2.24) is 10.0 Å². The minimum atomic E-state index is -3.31. The zero-order valence-corrected chi connectivity index (χ0v) is 18.8. The minimum Gasteiger partial charge on any atom is -0.484 e. The third-order valence-corrected chi connectivity index (χ3v) is 5.97. The van der Waals surface area contributed by atoms with Gasteiger partial charge in [-0.2, -0.15) is 0 Å². The number of aryl methyl sites for hydroxylation is 1. The summed E-state index contributed by atoms with van der Waals surface area (Å²) < 4.78 is 36.7. The van der Waals surface area contributed by atoms with Crippen molar-refractivity contribution in [3.63, 3.8) is 0 Å². The summed E-state index contributed by atoms with van der Waals surface area (Å²) in [6.45, 7) is 2.23. The smallest absolute Gasteiger partial charge is 0.258 e. The van der Waals surface area contributed by atoms with E-state index in [1.54, 1.807) is 48.5 Å². The summed E-state index contributed by atoms with van der Waals surface area (Å²) in [5.74, 6) is 1.65. The molecule has 0 aliphatic heterocycles. The van der Waals surface area contributed by atoms with Crippen LogP contribution in [0.4, 0.5) is 0 Å². The van der Waals surface area contributed by atoms with Gasteiger partial charge in [-0.15, -0.1) is 0 Å². The van der Waals surface area contributed by atoms with Crippen molar-refractivity contribution in [2.45, 2.75) is 19.2 Å². The Labute approximate surface area is 188 Å². The molecule has 3 aromatic carbocycles. The molecule has 0 unspecified atom stereocenters. The van der Waals surface area contributed by atoms with Crippen LogP contribution >= 0.6 is 0 Å². The average molecular weight is 455 g/mol. The van der Waals surface area contributed by atoms with Gasteiger partial charge in [0.25, 0.3) is 5.91 Å². The lowest BCUT2D eigenvalue weighted by Gasteiger charge is -2.10. The molecular formula is C24H26N2O5S. The van der Waals surface area contributed by atoms with Crippen LogP contribution in [0.5, 0.6) is 17.2 Å². The van der Waals surface area contributed by atoms with E-state index >= 15 is 0 Å². The summed E-state index contributed by atoms with van der Waals surface area (Å²) in [7, 11) is -1.93. The molecule has 0 aromatic heterocycles. The van der Waals surface area contributed by atoms with Crippen molar-refractivity contribution in [2.75, 3.05) is 13.7 Å². The molecule has 0 radical (unpaired) electrons. The zero-order chi connectivity index (χ0) is 23.0. The maximum absolute atomic E-state index is 12.1. The van der Waals surface area contributed by atoms with Crippen molar-refractivity contribution < 1.29 is 22.7 Å². The first-order chi connectivity index (χ1) is 15.3. The largest absolute Gasteiger partial charge is 0.484 e. The molecule has 3 aromatic rings. The topological polar surface area (TPSA) is 93.7 Å². The normalized spacial score (nSPS) is 11.1. The fourth-order valence-electron chi connectivity index (χ4n) is 2.79. The lowest BCUT2D eigenvalue weighted by Crippen LogP contribution is -2.28. The Bertz CT molecular complexity index is 1130. The van der Waals surface area contributed by atoms with E-state index < -0.39 is 10.0 Å². The third-order valence-electron chi connectivity index (χ3n) is 4.63. The SMILES string of the molecule is CNS(=O)(=O)Cc1ccc(CNC(=O)COc2ccc(Oc3ccc(C)cc3)cc2)cc1. The number of ether oxygens (including phenoxy) is 2. The van der Waals surface area contributed by atoms with Crippen molar-refractivity contribution in [3.8, 4) is 17.2 Å². The van der Waals surface area contributed by atoms with Crippen LogP contribution in [0, 0.1) is 6.92 Å². The Kier molecular flexibility index (Phi) is 7.86. The summed E-state index contributed by atoms with van der Waals surface area (Å²) in [6, 6.07) is 21.9. The number of benzene rings is 3. The second kappa shape index (κ2) is 10.8. The average Bonchev–Trinajstić information content (AvgIpc) is 2.79. The standard InChI is InChI=1S/C24H26N2O5S/c1-18-3-9-22(10-4-18)31-23-13-11-21(12-14-23)30-16-24(27)26-15-19-5-7-20(8-6-19)17-32(28,29)25-2/h3-14,25H,15-17H2,1-2H3,(H,26,27). The van der Waals surface area contributed by atoms with Crippen molar-refractivity contribution in [3.05, 3.63) is 89.5 Å². The summed E-state index contributed by atoms with van der Waals surface area (Å²) in [4.78, 5) is 12.1. The number of sulfonamides is 1. The summed E-state index contributed by atoms with van der Waals surface area (Å²) in [5, 5.41) is 2.78. The Morgan fingerprint density at radius 2 is 1.34 bits per heavy atom. The second-order valence-electron chi connectivity index (χ2n) is 7.23. The van der Waals surface area contributed by atoms with E-state index in [1.807, 2.05) is 31.2 Å². The van der Waals surface area contributed by atoms with Crippen LogP contribution in [0.3, 0.4) is 0 Å². The number of hydrogen-bond acceptors (Lipinski definition) is 5. The molecule has 0 atom stereocenters. The van der Waals surface area contributed by atoms with Gasteiger partial charge in [0, 0.05) is 6.54 Å². The predicted octanol–water partition coefficient (Wildman–Crippen LogP) is 3.53. The van der Waals surface area contributed by atoms with E-state index in [2.05, 4.69) is 10.0 Å². The van der Waals surface area contributed by atoms with Gasteiger partial charge in [0.05, 0.1) is 5.75 Å². The summed E-state index contributed by atoms with van der Waals surface area (Å²) >= 11 is 0. The van der Waals surface area contributed by atoms with Crippen LogP contribution < -0.4 is 19.5 Å². The summed E-state index contributed by atoms with van der Waals surface area (Å²) in [6.07, 6.45) is 0. The predicted molar refractivity (Wildman–Crippen MR) is 123 cm³/mol. The van der Waals surface area contributed by atoms with E-state index in [4.69, 9.17) is 9.47 Å². The number of nitrogens with one attached hydrogen (secondary N) is 2. The molecule has 2 N–H and O–H groups in total. The van der Waals surface area contributed by atoms with Crippen molar-refractivity contribution in [2.24, 2.45) is 0 Å². The lowest BCUT2D eigenvalue weighted by atomic mass is 10.1. The fraction of sp³-hybridized carbons (Fsp3) is 0.208. The molecule has 0 aliphatic carbocycles. The zero-order valence-electron chi connectivity index (χ0n) is 18.0. The van der Waals surface area contributed by atoms with E-state index in [-0.39, 0.29) is 18.3 Å². The Morgan fingerprint density at radius 3 is 1.94 bits per heavy atom. The van der Waals surface area contributed by atoms with Crippen LogP contribution in [0.25, 0.3) is 0 Å². The highest BCUT2D eigenvalue weighted by Crippen LogP contribution is 2.24. The molecule has 0 aliphatic rings. The van der Waals surface area contributed by atoms with Crippen LogP contribution in [0.1, 0.15) is 16.7 Å². The molecule has 0 heterocycles. The number of carbonyl (C=O) groups excluding carboxylic acids is 1. The molecule has 0 saturated heterocycles. The maximum Gasteiger partial charge on any atom is 0.258 e. The van der Waals surface area contributed by atoms with E-state index in [0.29, 0.717) is 23.6 Å².